The van der Waals surface area contributed by atoms with Crippen LogP contribution in [0.1, 0.15) is 32.3 Å². The predicted molar refractivity (Wildman–Crippen MR) is 77.9 cm³/mol. The molecule has 0 saturated carbocycles. The van der Waals surface area contributed by atoms with E-state index in [2.05, 4.69) is 13.8 Å². The van der Waals surface area contributed by atoms with E-state index in [9.17, 15) is 4.39 Å². The SMILES string of the molecule is CC[Si](CC)(CCCCc1ccc(F)cc1)OC. The summed E-state index contributed by atoms with van der Waals surface area (Å²) in [4.78, 5) is 0. The van der Waals surface area contributed by atoms with E-state index in [1.807, 2.05) is 19.2 Å². The minimum atomic E-state index is -1.42. The number of rotatable bonds is 8. The molecule has 102 valence electrons. The lowest BCUT2D eigenvalue weighted by Gasteiger charge is -2.27. The van der Waals surface area contributed by atoms with Crippen molar-refractivity contribution in [3.05, 3.63) is 35.6 Å². The molecule has 0 aliphatic rings. The molecule has 0 unspecified atom stereocenters. The number of benzene rings is 1. The maximum Gasteiger partial charge on any atom is 0.191 e. The highest BCUT2D eigenvalue weighted by Crippen LogP contribution is 2.24. The third-order valence-corrected chi connectivity index (χ3v) is 8.69. The van der Waals surface area contributed by atoms with Gasteiger partial charge in [0.15, 0.2) is 8.32 Å². The molecule has 18 heavy (non-hydrogen) atoms. The molecule has 0 amide bonds. The van der Waals surface area contributed by atoms with Gasteiger partial charge in [-0.3, -0.25) is 0 Å². The van der Waals surface area contributed by atoms with Crippen LogP contribution in [0.4, 0.5) is 4.39 Å². The fraction of sp³-hybridized carbons (Fsp3) is 0.600. The van der Waals surface area contributed by atoms with Gasteiger partial charge in [0.2, 0.25) is 0 Å². The second-order valence-electron chi connectivity index (χ2n) is 4.93. The van der Waals surface area contributed by atoms with Gasteiger partial charge in [0, 0.05) is 7.11 Å². The number of halogens is 1. The van der Waals surface area contributed by atoms with Crippen LogP contribution < -0.4 is 0 Å². The van der Waals surface area contributed by atoms with Crippen LogP contribution in [0.25, 0.3) is 0 Å². The Morgan fingerprint density at radius 3 is 2.17 bits per heavy atom. The van der Waals surface area contributed by atoms with E-state index < -0.39 is 8.32 Å². The smallest absolute Gasteiger partial charge is 0.191 e. The first-order valence-electron chi connectivity index (χ1n) is 6.95. The van der Waals surface area contributed by atoms with E-state index in [0.717, 1.165) is 6.42 Å². The van der Waals surface area contributed by atoms with E-state index >= 15 is 0 Å². The third kappa shape index (κ3) is 4.54. The Balaban J connectivity index is 2.31. The van der Waals surface area contributed by atoms with Crippen LogP contribution >= 0.6 is 0 Å². The summed E-state index contributed by atoms with van der Waals surface area (Å²) in [6.45, 7) is 4.50. The molecule has 0 saturated heterocycles. The molecule has 0 aliphatic carbocycles. The van der Waals surface area contributed by atoms with Crippen LogP contribution in [-0.4, -0.2) is 15.4 Å². The lowest BCUT2D eigenvalue weighted by atomic mass is 10.1. The first-order chi connectivity index (χ1) is 8.65. The molecule has 1 nitrogen and oxygen atoms in total. The second-order valence-corrected chi connectivity index (χ2v) is 9.62. The van der Waals surface area contributed by atoms with Crippen molar-refractivity contribution in [2.45, 2.75) is 51.2 Å². The molecule has 0 spiro atoms. The van der Waals surface area contributed by atoms with Crippen molar-refractivity contribution in [2.24, 2.45) is 0 Å². The van der Waals surface area contributed by atoms with E-state index in [-0.39, 0.29) is 5.82 Å². The number of aryl methyl sites for hydroxylation is 1. The molecule has 1 aromatic carbocycles. The van der Waals surface area contributed by atoms with Crippen LogP contribution in [-0.2, 0) is 10.8 Å². The van der Waals surface area contributed by atoms with Crippen LogP contribution in [0, 0.1) is 5.82 Å². The van der Waals surface area contributed by atoms with Gasteiger partial charge in [-0.15, -0.1) is 0 Å². The molecule has 0 fully saturated rings. The van der Waals surface area contributed by atoms with E-state index in [4.69, 9.17) is 4.43 Å². The molecular weight excluding hydrogens is 243 g/mol. The monoisotopic (exact) mass is 268 g/mol. The molecular formula is C15H25FOSi. The molecule has 0 aliphatic heterocycles. The maximum absolute atomic E-state index is 12.8. The Morgan fingerprint density at radius 1 is 1.06 bits per heavy atom. The lowest BCUT2D eigenvalue weighted by Crippen LogP contribution is -2.34. The summed E-state index contributed by atoms with van der Waals surface area (Å²) in [5.74, 6) is -0.151. The number of hydrogen-bond donors (Lipinski definition) is 0. The molecule has 3 heteroatoms. The highest BCUT2D eigenvalue weighted by molar-refractivity contribution is 6.73. The molecule has 0 aromatic heterocycles. The second kappa shape index (κ2) is 7.69. The first kappa shape index (κ1) is 15.4. The average Bonchev–Trinajstić information content (AvgIpc) is 2.42. The average molecular weight is 268 g/mol. The fourth-order valence-corrected chi connectivity index (χ4v) is 5.30. The van der Waals surface area contributed by atoms with Gasteiger partial charge in [-0.25, -0.2) is 4.39 Å². The molecule has 0 N–H and O–H groups in total. The summed E-state index contributed by atoms with van der Waals surface area (Å²) in [6.07, 6.45) is 3.44. The largest absolute Gasteiger partial charge is 0.420 e. The molecule has 0 heterocycles. The normalized spacial score (nSPS) is 11.8. The zero-order chi connectivity index (χ0) is 13.4. The third-order valence-electron chi connectivity index (χ3n) is 3.98. The standard InChI is InChI=1S/C15H25FOSi/c1-4-18(5-2,17-3)13-7-6-8-14-9-11-15(16)12-10-14/h9-12H,4-8,13H2,1-3H3. The Labute approximate surface area is 111 Å². The van der Waals surface area contributed by atoms with E-state index in [0.29, 0.717) is 0 Å². The van der Waals surface area contributed by atoms with Crippen molar-refractivity contribution >= 4 is 8.32 Å². The minimum absolute atomic E-state index is 0.151. The van der Waals surface area contributed by atoms with Crippen LogP contribution in [0.3, 0.4) is 0 Å². The Kier molecular flexibility index (Phi) is 6.58. The summed E-state index contributed by atoms with van der Waals surface area (Å²) in [5, 5.41) is 0. The highest BCUT2D eigenvalue weighted by atomic mass is 28.4. The van der Waals surface area contributed by atoms with Crippen molar-refractivity contribution in [1.29, 1.82) is 0 Å². The zero-order valence-corrected chi connectivity index (χ0v) is 12.8. The summed E-state index contributed by atoms with van der Waals surface area (Å²) in [6, 6.07) is 10.5. The van der Waals surface area contributed by atoms with Gasteiger partial charge in [-0.2, -0.15) is 0 Å². The highest BCUT2D eigenvalue weighted by Gasteiger charge is 2.28. The van der Waals surface area contributed by atoms with Crippen LogP contribution in [0.2, 0.25) is 18.1 Å². The van der Waals surface area contributed by atoms with E-state index in [1.54, 1.807) is 12.1 Å². The summed E-state index contributed by atoms with van der Waals surface area (Å²) >= 11 is 0. The van der Waals surface area contributed by atoms with Crippen molar-refractivity contribution in [3.63, 3.8) is 0 Å². The fourth-order valence-electron chi connectivity index (χ4n) is 2.42. The summed E-state index contributed by atoms with van der Waals surface area (Å²) < 4.78 is 18.6. The van der Waals surface area contributed by atoms with Gasteiger partial charge in [-0.05, 0) is 48.7 Å². The van der Waals surface area contributed by atoms with Crippen LogP contribution in [0.15, 0.2) is 24.3 Å². The number of unbranched alkanes of at least 4 members (excludes halogenated alkanes) is 1. The minimum Gasteiger partial charge on any atom is -0.420 e. The number of hydrogen-bond acceptors (Lipinski definition) is 1. The van der Waals surface area contributed by atoms with Crippen LogP contribution in [0.5, 0.6) is 0 Å². The molecule has 1 aromatic rings. The molecule has 0 radical (unpaired) electrons. The predicted octanol–water partition coefficient (Wildman–Crippen LogP) is 4.78. The molecule has 1 rings (SSSR count). The summed E-state index contributed by atoms with van der Waals surface area (Å²) in [5.41, 5.74) is 1.23. The Bertz CT molecular complexity index is 325. The van der Waals surface area contributed by atoms with Crippen molar-refractivity contribution in [2.75, 3.05) is 7.11 Å². The van der Waals surface area contributed by atoms with E-state index in [1.165, 1.54) is 36.5 Å². The van der Waals surface area contributed by atoms with Gasteiger partial charge >= 0.3 is 0 Å². The lowest BCUT2D eigenvalue weighted by molar-refractivity contribution is 0.389. The molecule has 0 bridgehead atoms. The maximum atomic E-state index is 12.8. The van der Waals surface area contributed by atoms with Crippen molar-refractivity contribution in [1.82, 2.24) is 0 Å². The van der Waals surface area contributed by atoms with Crippen molar-refractivity contribution in [3.8, 4) is 0 Å². The Hall–Kier alpha value is -0.673. The summed E-state index contributed by atoms with van der Waals surface area (Å²) in [7, 11) is 0.450. The molecule has 0 atom stereocenters. The zero-order valence-electron chi connectivity index (χ0n) is 11.8. The first-order valence-corrected chi connectivity index (χ1v) is 9.48. The van der Waals surface area contributed by atoms with Gasteiger partial charge in [0.1, 0.15) is 5.82 Å². The van der Waals surface area contributed by atoms with Crippen molar-refractivity contribution < 1.29 is 8.82 Å². The van der Waals surface area contributed by atoms with Gasteiger partial charge in [0.05, 0.1) is 0 Å². The quantitative estimate of drug-likeness (QED) is 0.487. The van der Waals surface area contributed by atoms with Gasteiger partial charge < -0.3 is 4.43 Å². The van der Waals surface area contributed by atoms with Gasteiger partial charge in [0.25, 0.3) is 0 Å². The van der Waals surface area contributed by atoms with Gasteiger partial charge in [-0.1, -0.05) is 32.4 Å². The Morgan fingerprint density at radius 2 is 1.67 bits per heavy atom. The topological polar surface area (TPSA) is 9.23 Å².